The van der Waals surface area contributed by atoms with Crippen LogP contribution in [0.25, 0.3) is 0 Å². The first-order valence-electron chi connectivity index (χ1n) is 10.8. The summed E-state index contributed by atoms with van der Waals surface area (Å²) < 4.78 is 40.5. The van der Waals surface area contributed by atoms with E-state index in [1.54, 1.807) is 44.2 Å². The number of anilines is 2. The number of carbonyl (C=O) groups is 1. The molecule has 6 nitrogen and oxygen atoms in total. The zero-order chi connectivity index (χ0) is 22.4. The van der Waals surface area contributed by atoms with Crippen molar-refractivity contribution in [1.29, 1.82) is 0 Å². The molecule has 1 saturated heterocycles. The van der Waals surface area contributed by atoms with Crippen LogP contribution in [0.15, 0.2) is 47.4 Å². The van der Waals surface area contributed by atoms with E-state index in [2.05, 4.69) is 10.2 Å². The Bertz CT molecular complexity index is 999. The average Bonchev–Trinajstić information content (AvgIpc) is 3.28. The number of amides is 1. The molecule has 0 spiro atoms. The van der Waals surface area contributed by atoms with Gasteiger partial charge in [0.25, 0.3) is 0 Å². The minimum atomic E-state index is -3.49. The van der Waals surface area contributed by atoms with Gasteiger partial charge in [0.05, 0.1) is 4.90 Å². The van der Waals surface area contributed by atoms with E-state index in [1.807, 2.05) is 0 Å². The van der Waals surface area contributed by atoms with E-state index in [4.69, 9.17) is 0 Å². The second kappa shape index (κ2) is 10.2. The highest BCUT2D eigenvalue weighted by Crippen LogP contribution is 2.25. The molecule has 1 aliphatic heterocycles. The molecule has 1 aliphatic rings. The molecule has 8 heteroatoms. The number of benzene rings is 2. The Morgan fingerprint density at radius 1 is 1.06 bits per heavy atom. The molecular weight excluding hydrogens is 417 g/mol. The van der Waals surface area contributed by atoms with Crippen molar-refractivity contribution in [3.05, 3.63) is 53.8 Å². The summed E-state index contributed by atoms with van der Waals surface area (Å²) in [7, 11) is -3.49. The molecule has 1 fully saturated rings. The number of hydrogen-bond acceptors (Lipinski definition) is 4. The highest BCUT2D eigenvalue weighted by atomic mass is 32.2. The van der Waals surface area contributed by atoms with Crippen LogP contribution in [0.1, 0.15) is 38.7 Å². The topological polar surface area (TPSA) is 69.7 Å². The summed E-state index contributed by atoms with van der Waals surface area (Å²) in [4.78, 5) is 14.7. The van der Waals surface area contributed by atoms with E-state index in [9.17, 15) is 17.6 Å². The third-order valence-electron chi connectivity index (χ3n) is 5.54. The van der Waals surface area contributed by atoms with Gasteiger partial charge in [0.15, 0.2) is 0 Å². The van der Waals surface area contributed by atoms with Crippen LogP contribution < -0.4 is 10.2 Å². The summed E-state index contributed by atoms with van der Waals surface area (Å²) >= 11 is 0. The van der Waals surface area contributed by atoms with E-state index in [0.29, 0.717) is 25.2 Å². The van der Waals surface area contributed by atoms with E-state index < -0.39 is 10.0 Å². The van der Waals surface area contributed by atoms with Crippen LogP contribution in [0.3, 0.4) is 0 Å². The molecule has 1 amide bonds. The molecule has 168 valence electrons. The zero-order valence-corrected chi connectivity index (χ0v) is 18.9. The number of carbonyl (C=O) groups excluding carboxylic acids is 1. The van der Waals surface area contributed by atoms with Crippen molar-refractivity contribution in [3.8, 4) is 0 Å². The van der Waals surface area contributed by atoms with Gasteiger partial charge in [-0.2, -0.15) is 4.31 Å². The maximum atomic E-state index is 14.0. The second-order valence-corrected chi connectivity index (χ2v) is 9.61. The summed E-state index contributed by atoms with van der Waals surface area (Å²) in [6.45, 7) is 6.25. The first-order valence-corrected chi connectivity index (χ1v) is 12.2. The lowest BCUT2D eigenvalue weighted by Crippen LogP contribution is -2.30. The van der Waals surface area contributed by atoms with Crippen LogP contribution in [0, 0.1) is 5.82 Å². The SMILES string of the molecule is CCN(CC)S(=O)(=O)c1ccc(CCC(=O)Nc2cc(F)cc(N3CCCC3)c2)cc1. The lowest BCUT2D eigenvalue weighted by atomic mass is 10.1. The Hall–Kier alpha value is -2.45. The van der Waals surface area contributed by atoms with Crippen molar-refractivity contribution in [2.45, 2.75) is 44.4 Å². The van der Waals surface area contributed by atoms with Crippen LogP contribution >= 0.6 is 0 Å². The molecule has 2 aromatic carbocycles. The molecule has 0 bridgehead atoms. The minimum Gasteiger partial charge on any atom is -0.371 e. The predicted molar refractivity (Wildman–Crippen MR) is 121 cm³/mol. The number of hydrogen-bond donors (Lipinski definition) is 1. The molecule has 0 radical (unpaired) electrons. The molecule has 0 aromatic heterocycles. The van der Waals surface area contributed by atoms with Gasteiger partial charge in [-0.05, 0) is 55.2 Å². The van der Waals surface area contributed by atoms with Crippen LogP contribution in [0.5, 0.6) is 0 Å². The molecule has 1 heterocycles. The van der Waals surface area contributed by atoms with Gasteiger partial charge in [-0.1, -0.05) is 26.0 Å². The van der Waals surface area contributed by atoms with Gasteiger partial charge in [-0.25, -0.2) is 12.8 Å². The van der Waals surface area contributed by atoms with E-state index >= 15 is 0 Å². The monoisotopic (exact) mass is 447 g/mol. The predicted octanol–water partition coefficient (Wildman–Crippen LogP) is 4.03. The molecule has 0 atom stereocenters. The molecule has 2 aromatic rings. The number of nitrogens with zero attached hydrogens (tertiary/aromatic N) is 2. The van der Waals surface area contributed by atoms with Gasteiger partial charge in [-0.3, -0.25) is 4.79 Å². The molecule has 31 heavy (non-hydrogen) atoms. The smallest absolute Gasteiger partial charge is 0.243 e. The minimum absolute atomic E-state index is 0.210. The largest absolute Gasteiger partial charge is 0.371 e. The van der Waals surface area contributed by atoms with Crippen molar-refractivity contribution in [3.63, 3.8) is 0 Å². The van der Waals surface area contributed by atoms with Crippen LogP contribution in [0.4, 0.5) is 15.8 Å². The van der Waals surface area contributed by atoms with Crippen LogP contribution in [0.2, 0.25) is 0 Å². The quantitative estimate of drug-likeness (QED) is 0.630. The molecular formula is C23H30FN3O3S. The number of sulfonamides is 1. The van der Waals surface area contributed by atoms with Gasteiger partial charge in [-0.15, -0.1) is 0 Å². The van der Waals surface area contributed by atoms with Gasteiger partial charge in [0, 0.05) is 44.0 Å². The Morgan fingerprint density at radius 2 is 1.71 bits per heavy atom. The number of nitrogens with one attached hydrogen (secondary N) is 1. The van der Waals surface area contributed by atoms with Crippen molar-refractivity contribution >= 4 is 27.3 Å². The van der Waals surface area contributed by atoms with E-state index in [1.165, 1.54) is 16.4 Å². The summed E-state index contributed by atoms with van der Waals surface area (Å²) in [5.41, 5.74) is 2.11. The van der Waals surface area contributed by atoms with Crippen molar-refractivity contribution in [2.24, 2.45) is 0 Å². The lowest BCUT2D eigenvalue weighted by molar-refractivity contribution is -0.116. The zero-order valence-electron chi connectivity index (χ0n) is 18.1. The summed E-state index contributed by atoms with van der Waals surface area (Å²) in [5, 5.41) is 2.77. The summed E-state index contributed by atoms with van der Waals surface area (Å²) in [5.74, 6) is -0.581. The van der Waals surface area contributed by atoms with Crippen LogP contribution in [-0.2, 0) is 21.2 Å². The standard InChI is InChI=1S/C23H30FN3O3S/c1-3-27(4-2)31(29,30)22-10-7-18(8-11-22)9-12-23(28)25-20-15-19(24)16-21(17-20)26-13-5-6-14-26/h7-8,10-11,15-17H,3-6,9,12-14H2,1-2H3,(H,25,28). The third-order valence-corrected chi connectivity index (χ3v) is 7.61. The highest BCUT2D eigenvalue weighted by Gasteiger charge is 2.21. The molecule has 0 saturated carbocycles. The van der Waals surface area contributed by atoms with E-state index in [0.717, 1.165) is 37.2 Å². The maximum Gasteiger partial charge on any atom is 0.243 e. The summed E-state index contributed by atoms with van der Waals surface area (Å²) in [6, 6.07) is 11.2. The van der Waals surface area contributed by atoms with Crippen molar-refractivity contribution in [2.75, 3.05) is 36.4 Å². The van der Waals surface area contributed by atoms with E-state index in [-0.39, 0.29) is 23.0 Å². The number of aryl methyl sites for hydroxylation is 1. The average molecular weight is 448 g/mol. The molecule has 0 unspecified atom stereocenters. The Kier molecular flexibility index (Phi) is 7.67. The lowest BCUT2D eigenvalue weighted by Gasteiger charge is -2.19. The fraction of sp³-hybridized carbons (Fsp3) is 0.435. The molecule has 1 N–H and O–H groups in total. The fourth-order valence-corrected chi connectivity index (χ4v) is 5.28. The fourth-order valence-electron chi connectivity index (χ4n) is 3.83. The van der Waals surface area contributed by atoms with Gasteiger partial charge >= 0.3 is 0 Å². The first kappa shape index (κ1) is 23.2. The maximum absolute atomic E-state index is 14.0. The Labute approximate surface area is 184 Å². The highest BCUT2D eigenvalue weighted by molar-refractivity contribution is 7.89. The van der Waals surface area contributed by atoms with Gasteiger partial charge in [0.1, 0.15) is 5.82 Å². The molecule has 0 aliphatic carbocycles. The summed E-state index contributed by atoms with van der Waals surface area (Å²) in [6.07, 6.45) is 2.86. The van der Waals surface area contributed by atoms with Crippen molar-refractivity contribution < 1.29 is 17.6 Å². The van der Waals surface area contributed by atoms with Gasteiger partial charge < -0.3 is 10.2 Å². The first-order chi connectivity index (χ1) is 14.8. The third kappa shape index (κ3) is 5.83. The number of halogens is 1. The second-order valence-electron chi connectivity index (χ2n) is 7.67. The normalized spacial score (nSPS) is 14.3. The Balaban J connectivity index is 1.59. The van der Waals surface area contributed by atoms with Crippen LogP contribution in [-0.4, -0.2) is 44.8 Å². The molecule has 3 rings (SSSR count). The Morgan fingerprint density at radius 3 is 2.32 bits per heavy atom. The number of rotatable bonds is 9. The van der Waals surface area contributed by atoms with Gasteiger partial charge in [0.2, 0.25) is 15.9 Å². The van der Waals surface area contributed by atoms with Crippen molar-refractivity contribution in [1.82, 2.24) is 4.31 Å².